The molecule has 0 aliphatic carbocycles. The Morgan fingerprint density at radius 3 is 2.58 bits per heavy atom. The third-order valence-corrected chi connectivity index (χ3v) is 5.80. The van der Waals surface area contributed by atoms with Gasteiger partial charge < -0.3 is 9.47 Å². The molecule has 7 heteroatoms. The van der Waals surface area contributed by atoms with Gasteiger partial charge in [0, 0.05) is 15.4 Å². The maximum atomic E-state index is 6.04. The van der Waals surface area contributed by atoms with Gasteiger partial charge in [0.1, 0.15) is 11.4 Å². The number of hydrogen-bond acceptors (Lipinski definition) is 5. The molecule has 0 aliphatic rings. The largest absolute Gasteiger partial charge is 0.497 e. The molecule has 0 saturated carbocycles. The Bertz CT molecular complexity index is 1400. The summed E-state index contributed by atoms with van der Waals surface area (Å²) in [5, 5.41) is 9.54. The second kappa shape index (κ2) is 9.52. The number of aromatic nitrogens is 4. The van der Waals surface area contributed by atoms with Crippen LogP contribution in [-0.2, 0) is 18.0 Å². The van der Waals surface area contributed by atoms with E-state index >= 15 is 0 Å². The van der Waals surface area contributed by atoms with E-state index in [1.54, 1.807) is 11.8 Å². The summed E-state index contributed by atoms with van der Waals surface area (Å²) in [7, 11) is 1.65. The summed E-state index contributed by atoms with van der Waals surface area (Å²) in [6.07, 6.45) is 1.87. The Labute approximate surface area is 199 Å². The van der Waals surface area contributed by atoms with Gasteiger partial charge in [0.2, 0.25) is 0 Å². The maximum Gasteiger partial charge on any atom is 0.119 e. The van der Waals surface area contributed by atoms with E-state index in [0.717, 1.165) is 49.3 Å². The Morgan fingerprint density at radius 2 is 1.76 bits per heavy atom. The minimum Gasteiger partial charge on any atom is -0.497 e. The normalized spacial score (nSPS) is 11.1. The predicted octanol–water partition coefficient (Wildman–Crippen LogP) is 5.97. The van der Waals surface area contributed by atoms with E-state index in [2.05, 4.69) is 50.5 Å². The number of pyridine rings is 1. The first-order valence-corrected chi connectivity index (χ1v) is 11.3. The van der Waals surface area contributed by atoms with E-state index in [4.69, 9.17) is 14.5 Å². The van der Waals surface area contributed by atoms with Gasteiger partial charge in [0.05, 0.1) is 43.4 Å². The lowest BCUT2D eigenvalue weighted by Crippen LogP contribution is -1.98. The Kier molecular flexibility index (Phi) is 6.15. The van der Waals surface area contributed by atoms with Crippen LogP contribution in [0.2, 0.25) is 0 Å². The number of rotatable bonds is 7. The smallest absolute Gasteiger partial charge is 0.119 e. The van der Waals surface area contributed by atoms with E-state index < -0.39 is 0 Å². The number of benzene rings is 3. The summed E-state index contributed by atoms with van der Waals surface area (Å²) in [5.41, 5.74) is 5.67. The van der Waals surface area contributed by atoms with Crippen molar-refractivity contribution in [2.75, 3.05) is 7.11 Å². The van der Waals surface area contributed by atoms with Gasteiger partial charge in [-0.25, -0.2) is 9.67 Å². The van der Waals surface area contributed by atoms with Crippen molar-refractivity contribution >= 4 is 26.8 Å². The van der Waals surface area contributed by atoms with Crippen LogP contribution in [0.25, 0.3) is 27.8 Å². The highest BCUT2D eigenvalue weighted by Crippen LogP contribution is 2.27. The van der Waals surface area contributed by atoms with E-state index in [9.17, 15) is 0 Å². The summed E-state index contributed by atoms with van der Waals surface area (Å²) in [5.74, 6) is 0.800. The Hall–Kier alpha value is -3.55. The van der Waals surface area contributed by atoms with Crippen LogP contribution in [0.4, 0.5) is 0 Å². The topological polar surface area (TPSA) is 62.1 Å². The van der Waals surface area contributed by atoms with E-state index in [1.807, 2.05) is 60.8 Å². The van der Waals surface area contributed by atoms with Gasteiger partial charge in [0.25, 0.3) is 0 Å². The fourth-order valence-electron chi connectivity index (χ4n) is 3.65. The SMILES string of the molecule is COc1ccc(-n2cc(COCc3cc(-c4cccc(Br)c4)nc4ccccc34)nn2)cc1. The van der Waals surface area contributed by atoms with Crippen molar-refractivity contribution in [2.24, 2.45) is 0 Å². The highest BCUT2D eigenvalue weighted by Gasteiger charge is 2.09. The van der Waals surface area contributed by atoms with Gasteiger partial charge in [-0.1, -0.05) is 51.5 Å². The van der Waals surface area contributed by atoms with E-state index in [-0.39, 0.29) is 0 Å². The first-order valence-electron chi connectivity index (χ1n) is 10.5. The molecule has 0 saturated heterocycles. The van der Waals surface area contributed by atoms with Gasteiger partial charge in [0.15, 0.2) is 0 Å². The highest BCUT2D eigenvalue weighted by molar-refractivity contribution is 9.10. The third-order valence-electron chi connectivity index (χ3n) is 5.31. The molecule has 0 bridgehead atoms. The van der Waals surface area contributed by atoms with Gasteiger partial charge in [-0.15, -0.1) is 5.10 Å². The van der Waals surface area contributed by atoms with Crippen molar-refractivity contribution in [1.29, 1.82) is 0 Å². The molecular formula is C26H21BrN4O2. The zero-order valence-electron chi connectivity index (χ0n) is 18.0. The van der Waals surface area contributed by atoms with Crippen molar-refractivity contribution in [3.63, 3.8) is 0 Å². The molecule has 3 aromatic carbocycles. The Morgan fingerprint density at radius 1 is 0.909 bits per heavy atom. The monoisotopic (exact) mass is 500 g/mol. The molecule has 0 spiro atoms. The third kappa shape index (κ3) is 4.79. The van der Waals surface area contributed by atoms with Gasteiger partial charge in [-0.2, -0.15) is 0 Å². The lowest BCUT2D eigenvalue weighted by molar-refractivity contribution is 0.105. The minimum absolute atomic E-state index is 0.360. The summed E-state index contributed by atoms with van der Waals surface area (Å²) in [6, 6.07) is 26.0. The average molecular weight is 501 g/mol. The first-order chi connectivity index (χ1) is 16.2. The fourth-order valence-corrected chi connectivity index (χ4v) is 4.05. The van der Waals surface area contributed by atoms with Crippen molar-refractivity contribution in [1.82, 2.24) is 20.0 Å². The lowest BCUT2D eigenvalue weighted by Gasteiger charge is -2.10. The molecular weight excluding hydrogens is 480 g/mol. The zero-order chi connectivity index (χ0) is 22.6. The van der Waals surface area contributed by atoms with Gasteiger partial charge >= 0.3 is 0 Å². The number of nitrogens with zero attached hydrogens (tertiary/aromatic N) is 4. The predicted molar refractivity (Wildman–Crippen MR) is 131 cm³/mol. The number of fused-ring (bicyclic) bond motifs is 1. The summed E-state index contributed by atoms with van der Waals surface area (Å²) in [6.45, 7) is 0.804. The molecule has 5 rings (SSSR count). The molecule has 0 N–H and O–H groups in total. The molecule has 0 radical (unpaired) electrons. The van der Waals surface area contributed by atoms with Crippen LogP contribution in [0.15, 0.2) is 89.5 Å². The molecule has 33 heavy (non-hydrogen) atoms. The molecule has 6 nitrogen and oxygen atoms in total. The Balaban J connectivity index is 1.34. The van der Waals surface area contributed by atoms with Crippen LogP contribution in [0.5, 0.6) is 5.75 Å². The fraction of sp³-hybridized carbons (Fsp3) is 0.115. The second-order valence-electron chi connectivity index (χ2n) is 7.54. The zero-order valence-corrected chi connectivity index (χ0v) is 19.6. The number of hydrogen-bond donors (Lipinski definition) is 0. The minimum atomic E-state index is 0.360. The average Bonchev–Trinajstić information content (AvgIpc) is 3.33. The van der Waals surface area contributed by atoms with Crippen molar-refractivity contribution in [2.45, 2.75) is 13.2 Å². The van der Waals surface area contributed by atoms with Crippen LogP contribution in [0, 0.1) is 0 Å². The number of para-hydroxylation sites is 1. The van der Waals surface area contributed by atoms with Crippen LogP contribution >= 0.6 is 15.9 Å². The molecule has 5 aromatic rings. The maximum absolute atomic E-state index is 6.04. The van der Waals surface area contributed by atoms with Crippen molar-refractivity contribution in [3.8, 4) is 22.7 Å². The van der Waals surface area contributed by atoms with E-state index in [1.165, 1.54) is 0 Å². The molecule has 0 unspecified atom stereocenters. The lowest BCUT2D eigenvalue weighted by atomic mass is 10.0. The molecule has 0 aliphatic heterocycles. The quantitative estimate of drug-likeness (QED) is 0.275. The highest BCUT2D eigenvalue weighted by atomic mass is 79.9. The molecule has 0 atom stereocenters. The van der Waals surface area contributed by atoms with Crippen molar-refractivity contribution < 1.29 is 9.47 Å². The molecule has 164 valence electrons. The molecule has 0 amide bonds. The van der Waals surface area contributed by atoms with Gasteiger partial charge in [-0.3, -0.25) is 0 Å². The molecule has 2 aromatic heterocycles. The number of methoxy groups -OCH3 is 1. The molecule has 2 heterocycles. The number of halogens is 1. The van der Waals surface area contributed by atoms with Crippen LogP contribution in [0.1, 0.15) is 11.3 Å². The van der Waals surface area contributed by atoms with Crippen LogP contribution in [0.3, 0.4) is 0 Å². The van der Waals surface area contributed by atoms with Crippen LogP contribution in [-0.4, -0.2) is 27.1 Å². The number of ether oxygens (including phenoxy) is 2. The summed E-state index contributed by atoms with van der Waals surface area (Å²) in [4.78, 5) is 4.85. The van der Waals surface area contributed by atoms with Crippen LogP contribution < -0.4 is 4.74 Å². The standard InChI is InChI=1S/C26H21BrN4O2/c1-32-23-11-9-22(10-12-23)31-15-21(29-30-31)17-33-16-19-14-26(18-5-4-6-20(27)13-18)28-25-8-3-2-7-24(19)25/h2-15H,16-17H2,1H3. The van der Waals surface area contributed by atoms with E-state index in [0.29, 0.717) is 13.2 Å². The van der Waals surface area contributed by atoms with Crippen molar-refractivity contribution in [3.05, 3.63) is 101 Å². The summed E-state index contributed by atoms with van der Waals surface area (Å²) < 4.78 is 14.0. The van der Waals surface area contributed by atoms with Gasteiger partial charge in [-0.05, 0) is 54.1 Å². The summed E-state index contributed by atoms with van der Waals surface area (Å²) >= 11 is 3.55. The second-order valence-corrected chi connectivity index (χ2v) is 8.46. The first kappa shape index (κ1) is 21.3. The molecule has 0 fully saturated rings.